The first-order chi connectivity index (χ1) is 7.75. The normalized spacial score (nSPS) is 11.2. The maximum atomic E-state index is 4.19. The Labute approximate surface area is 99.3 Å². The third-order valence-corrected chi connectivity index (χ3v) is 2.82. The summed E-state index contributed by atoms with van der Waals surface area (Å²) in [5.74, 6) is 0. The topological polar surface area (TPSA) is 29.9 Å². The predicted octanol–water partition coefficient (Wildman–Crippen LogP) is 3.13. The van der Waals surface area contributed by atoms with E-state index in [9.17, 15) is 0 Å². The minimum absolute atomic E-state index is 0.499. The number of rotatable bonds is 8. The molecule has 92 valence electrons. The molecule has 1 N–H and O–H groups in total. The minimum Gasteiger partial charge on any atom is -0.331 e. The van der Waals surface area contributed by atoms with E-state index >= 15 is 0 Å². The zero-order valence-corrected chi connectivity index (χ0v) is 10.9. The average molecular weight is 223 g/mol. The Morgan fingerprint density at radius 1 is 1.31 bits per heavy atom. The second-order valence-electron chi connectivity index (χ2n) is 4.62. The van der Waals surface area contributed by atoms with E-state index in [-0.39, 0.29) is 0 Å². The molecule has 16 heavy (non-hydrogen) atoms. The van der Waals surface area contributed by atoms with Crippen molar-refractivity contribution in [3.63, 3.8) is 0 Å². The number of imidazole rings is 1. The molecule has 0 spiro atoms. The zero-order chi connectivity index (χ0) is 11.8. The molecule has 0 unspecified atom stereocenters. The van der Waals surface area contributed by atoms with E-state index in [1.807, 2.05) is 12.5 Å². The summed E-state index contributed by atoms with van der Waals surface area (Å²) < 4.78 is 2.22. The molecule has 0 aliphatic rings. The molecular formula is C13H25N3. The van der Waals surface area contributed by atoms with Crippen LogP contribution < -0.4 is 5.32 Å². The summed E-state index contributed by atoms with van der Waals surface area (Å²) >= 11 is 0. The fourth-order valence-corrected chi connectivity index (χ4v) is 1.83. The summed E-state index contributed by atoms with van der Waals surface area (Å²) in [6.07, 6.45) is 9.15. The molecule has 0 fully saturated rings. The zero-order valence-electron chi connectivity index (χ0n) is 10.9. The first-order valence-corrected chi connectivity index (χ1v) is 6.47. The summed E-state index contributed by atoms with van der Waals surface area (Å²) in [6.45, 7) is 8.67. The van der Waals surface area contributed by atoms with Gasteiger partial charge in [0.25, 0.3) is 0 Å². The Kier molecular flexibility index (Phi) is 6.16. The summed E-state index contributed by atoms with van der Waals surface area (Å²) in [7, 11) is 0. The molecule has 1 aromatic heterocycles. The van der Waals surface area contributed by atoms with Gasteiger partial charge < -0.3 is 9.88 Å². The largest absolute Gasteiger partial charge is 0.331 e. The van der Waals surface area contributed by atoms with Crippen LogP contribution in [0.5, 0.6) is 0 Å². The van der Waals surface area contributed by atoms with Crippen LogP contribution in [0, 0.1) is 0 Å². The molecular weight excluding hydrogens is 198 g/mol. The van der Waals surface area contributed by atoms with E-state index in [4.69, 9.17) is 0 Å². The summed E-state index contributed by atoms with van der Waals surface area (Å²) in [6, 6.07) is 0.499. The molecule has 0 saturated heterocycles. The van der Waals surface area contributed by atoms with E-state index < -0.39 is 0 Å². The van der Waals surface area contributed by atoms with Crippen molar-refractivity contribution in [3.05, 3.63) is 18.2 Å². The van der Waals surface area contributed by atoms with Gasteiger partial charge in [0.15, 0.2) is 0 Å². The summed E-state index contributed by atoms with van der Waals surface area (Å²) in [4.78, 5) is 4.19. The molecule has 0 radical (unpaired) electrons. The lowest BCUT2D eigenvalue weighted by Crippen LogP contribution is -2.17. The number of hydrogen-bond donors (Lipinski definition) is 1. The Hall–Kier alpha value is -0.830. The van der Waals surface area contributed by atoms with Gasteiger partial charge in [0, 0.05) is 18.8 Å². The van der Waals surface area contributed by atoms with Crippen LogP contribution in [0.1, 0.15) is 58.2 Å². The van der Waals surface area contributed by atoms with Crippen molar-refractivity contribution in [2.24, 2.45) is 0 Å². The third kappa shape index (κ3) is 4.35. The average Bonchev–Trinajstić information content (AvgIpc) is 2.71. The molecule has 0 bridgehead atoms. The highest BCUT2D eigenvalue weighted by Gasteiger charge is 2.03. The smallest absolute Gasteiger partial charge is 0.0951 e. The maximum Gasteiger partial charge on any atom is 0.0951 e. The number of nitrogens with one attached hydrogen (secondary N) is 1. The maximum absolute atomic E-state index is 4.19. The molecule has 0 aliphatic carbocycles. The molecule has 0 atom stereocenters. The van der Waals surface area contributed by atoms with Crippen molar-refractivity contribution in [1.29, 1.82) is 0 Å². The third-order valence-electron chi connectivity index (χ3n) is 2.82. The van der Waals surface area contributed by atoms with Gasteiger partial charge in [0.05, 0.1) is 12.0 Å². The summed E-state index contributed by atoms with van der Waals surface area (Å²) in [5.41, 5.74) is 1.28. The summed E-state index contributed by atoms with van der Waals surface area (Å²) in [5, 5.41) is 3.48. The number of unbranched alkanes of at least 4 members (excludes halogenated alkanes) is 3. The molecule has 1 rings (SSSR count). The lowest BCUT2D eigenvalue weighted by molar-refractivity contribution is 0.539. The fourth-order valence-electron chi connectivity index (χ4n) is 1.83. The van der Waals surface area contributed by atoms with Crippen molar-refractivity contribution in [2.75, 3.05) is 6.54 Å². The van der Waals surface area contributed by atoms with E-state index in [0.29, 0.717) is 6.04 Å². The van der Waals surface area contributed by atoms with E-state index in [1.54, 1.807) is 0 Å². The van der Waals surface area contributed by atoms with Crippen molar-refractivity contribution < 1.29 is 0 Å². The van der Waals surface area contributed by atoms with Crippen LogP contribution in [0.2, 0.25) is 0 Å². The van der Waals surface area contributed by atoms with E-state index in [2.05, 4.69) is 35.6 Å². The van der Waals surface area contributed by atoms with Gasteiger partial charge in [-0.2, -0.15) is 0 Å². The van der Waals surface area contributed by atoms with Gasteiger partial charge in [-0.15, -0.1) is 0 Å². The molecule has 0 aromatic carbocycles. The van der Waals surface area contributed by atoms with Gasteiger partial charge >= 0.3 is 0 Å². The first kappa shape index (κ1) is 13.2. The van der Waals surface area contributed by atoms with Gasteiger partial charge in [0.1, 0.15) is 0 Å². The second kappa shape index (κ2) is 7.44. The van der Waals surface area contributed by atoms with Gasteiger partial charge in [0.2, 0.25) is 0 Å². The second-order valence-corrected chi connectivity index (χ2v) is 4.62. The Bertz CT molecular complexity index is 278. The first-order valence-electron chi connectivity index (χ1n) is 6.47. The Balaban J connectivity index is 2.19. The van der Waals surface area contributed by atoms with Gasteiger partial charge in [-0.05, 0) is 26.8 Å². The monoisotopic (exact) mass is 223 g/mol. The van der Waals surface area contributed by atoms with Crippen LogP contribution in [0.4, 0.5) is 0 Å². The van der Waals surface area contributed by atoms with Crippen molar-refractivity contribution in [2.45, 2.75) is 59.0 Å². The Morgan fingerprint density at radius 2 is 2.12 bits per heavy atom. The molecule has 0 saturated carbocycles. The number of aromatic nitrogens is 2. The van der Waals surface area contributed by atoms with Gasteiger partial charge in [-0.1, -0.05) is 26.2 Å². The van der Waals surface area contributed by atoms with Gasteiger partial charge in [-0.3, -0.25) is 0 Å². The van der Waals surface area contributed by atoms with Gasteiger partial charge in [-0.25, -0.2) is 4.98 Å². The predicted molar refractivity (Wildman–Crippen MR) is 68.5 cm³/mol. The van der Waals surface area contributed by atoms with Crippen LogP contribution in [0.3, 0.4) is 0 Å². The van der Waals surface area contributed by atoms with E-state index in [0.717, 1.165) is 13.1 Å². The highest BCUT2D eigenvalue weighted by Crippen LogP contribution is 2.08. The lowest BCUT2D eigenvalue weighted by atomic mass is 10.2. The highest BCUT2D eigenvalue weighted by atomic mass is 15.1. The molecule has 3 heteroatoms. The molecule has 0 aliphatic heterocycles. The highest BCUT2D eigenvalue weighted by molar-refractivity contribution is 4.99. The van der Waals surface area contributed by atoms with Crippen LogP contribution >= 0.6 is 0 Å². The lowest BCUT2D eigenvalue weighted by Gasteiger charge is -2.12. The van der Waals surface area contributed by atoms with Crippen molar-refractivity contribution in [1.82, 2.24) is 14.9 Å². The van der Waals surface area contributed by atoms with Crippen molar-refractivity contribution >= 4 is 0 Å². The molecule has 1 aromatic rings. The molecule has 0 amide bonds. The standard InChI is InChI=1S/C13H25N3/c1-4-5-6-7-8-14-9-13-10-15-11-16(13)12(2)3/h10-12,14H,4-9H2,1-3H3. The minimum atomic E-state index is 0.499. The SMILES string of the molecule is CCCCCCNCc1cncn1C(C)C. The van der Waals surface area contributed by atoms with Crippen LogP contribution in [-0.4, -0.2) is 16.1 Å². The fraction of sp³-hybridized carbons (Fsp3) is 0.769. The Morgan fingerprint density at radius 3 is 2.81 bits per heavy atom. The number of nitrogens with zero attached hydrogens (tertiary/aromatic N) is 2. The van der Waals surface area contributed by atoms with Crippen LogP contribution in [-0.2, 0) is 6.54 Å². The van der Waals surface area contributed by atoms with Crippen LogP contribution in [0.15, 0.2) is 12.5 Å². The molecule has 3 nitrogen and oxygen atoms in total. The van der Waals surface area contributed by atoms with Crippen molar-refractivity contribution in [3.8, 4) is 0 Å². The quantitative estimate of drug-likeness (QED) is 0.686. The van der Waals surface area contributed by atoms with E-state index in [1.165, 1.54) is 31.4 Å². The molecule has 1 heterocycles. The number of hydrogen-bond acceptors (Lipinski definition) is 2. The van der Waals surface area contributed by atoms with Crippen LogP contribution in [0.25, 0.3) is 0 Å².